The van der Waals surface area contributed by atoms with Crippen LogP contribution < -0.4 is 4.74 Å². The van der Waals surface area contributed by atoms with Crippen molar-refractivity contribution in [1.29, 1.82) is 0 Å². The van der Waals surface area contributed by atoms with E-state index < -0.39 is 17.4 Å². The molecule has 0 unspecified atom stereocenters. The van der Waals surface area contributed by atoms with Gasteiger partial charge in [-0.3, -0.25) is 4.79 Å². The maximum atomic E-state index is 13.7. The molecule has 0 aliphatic heterocycles. The number of benzene rings is 2. The molecule has 0 fully saturated rings. The van der Waals surface area contributed by atoms with Crippen molar-refractivity contribution in [2.75, 3.05) is 6.61 Å². The molecule has 20 heavy (non-hydrogen) atoms. The van der Waals surface area contributed by atoms with E-state index in [1.54, 1.807) is 24.3 Å². The number of hydrogen-bond acceptors (Lipinski definition) is 2. The molecule has 0 N–H and O–H groups in total. The summed E-state index contributed by atoms with van der Waals surface area (Å²) in [5.41, 5.74) is 0.437. The number of hydrogen-bond donors (Lipinski definition) is 0. The van der Waals surface area contributed by atoms with Gasteiger partial charge in [0, 0.05) is 11.6 Å². The van der Waals surface area contributed by atoms with E-state index in [0.717, 1.165) is 6.07 Å². The number of ether oxygens (including phenoxy) is 1. The third kappa shape index (κ3) is 2.85. The van der Waals surface area contributed by atoms with Crippen LogP contribution in [0.15, 0.2) is 36.4 Å². The zero-order valence-corrected chi connectivity index (χ0v) is 11.2. The lowest BCUT2D eigenvalue weighted by atomic mass is 10.0. The predicted octanol–water partition coefficient (Wildman–Crippen LogP) is 3.90. The highest BCUT2D eigenvalue weighted by atomic mass is 19.1. The Labute approximate surface area is 116 Å². The van der Waals surface area contributed by atoms with E-state index in [-0.39, 0.29) is 11.1 Å². The van der Waals surface area contributed by atoms with Gasteiger partial charge >= 0.3 is 0 Å². The predicted molar refractivity (Wildman–Crippen MR) is 72.1 cm³/mol. The number of halogens is 2. The first-order chi connectivity index (χ1) is 9.52. The second kappa shape index (κ2) is 5.82. The highest BCUT2D eigenvalue weighted by molar-refractivity contribution is 6.09. The van der Waals surface area contributed by atoms with Crippen molar-refractivity contribution in [3.63, 3.8) is 0 Å². The van der Waals surface area contributed by atoms with Gasteiger partial charge in [-0.25, -0.2) is 8.78 Å². The van der Waals surface area contributed by atoms with Crippen molar-refractivity contribution in [1.82, 2.24) is 0 Å². The minimum absolute atomic E-state index is 0.131. The maximum Gasteiger partial charge on any atom is 0.195 e. The van der Waals surface area contributed by atoms with Gasteiger partial charge in [0.15, 0.2) is 5.78 Å². The first kappa shape index (κ1) is 14.2. The Morgan fingerprint density at radius 2 is 1.75 bits per heavy atom. The van der Waals surface area contributed by atoms with Crippen LogP contribution in [0.1, 0.15) is 28.4 Å². The molecule has 2 aromatic carbocycles. The smallest absolute Gasteiger partial charge is 0.195 e. The van der Waals surface area contributed by atoms with Crippen molar-refractivity contribution >= 4 is 5.78 Å². The van der Waals surface area contributed by atoms with Crippen LogP contribution in [0.2, 0.25) is 0 Å². The summed E-state index contributed by atoms with van der Waals surface area (Å²) in [7, 11) is 0. The molecule has 0 aromatic heterocycles. The normalized spacial score (nSPS) is 10.4. The van der Waals surface area contributed by atoms with Gasteiger partial charge in [0.2, 0.25) is 0 Å². The van der Waals surface area contributed by atoms with E-state index >= 15 is 0 Å². The fourth-order valence-corrected chi connectivity index (χ4v) is 1.86. The molecule has 2 nitrogen and oxygen atoms in total. The Kier molecular flexibility index (Phi) is 4.13. The highest BCUT2D eigenvalue weighted by Crippen LogP contribution is 2.19. The van der Waals surface area contributed by atoms with Crippen LogP contribution in [0.3, 0.4) is 0 Å². The van der Waals surface area contributed by atoms with Gasteiger partial charge < -0.3 is 4.74 Å². The van der Waals surface area contributed by atoms with Gasteiger partial charge in [-0.05, 0) is 49.7 Å². The third-order valence-corrected chi connectivity index (χ3v) is 2.92. The first-order valence-corrected chi connectivity index (χ1v) is 6.26. The van der Waals surface area contributed by atoms with E-state index in [1.807, 2.05) is 6.92 Å². The van der Waals surface area contributed by atoms with Gasteiger partial charge in [-0.15, -0.1) is 0 Å². The van der Waals surface area contributed by atoms with Crippen molar-refractivity contribution in [2.45, 2.75) is 13.8 Å². The lowest BCUT2D eigenvalue weighted by Gasteiger charge is -2.07. The Bertz CT molecular complexity index is 634. The number of carbonyl (C=O) groups excluding carboxylic acids is 1. The Morgan fingerprint density at radius 1 is 1.10 bits per heavy atom. The molecule has 0 radical (unpaired) electrons. The van der Waals surface area contributed by atoms with E-state index in [0.29, 0.717) is 17.9 Å². The summed E-state index contributed by atoms with van der Waals surface area (Å²) in [5.74, 6) is -1.36. The SMILES string of the molecule is CCOc1ccc(C(=O)c2cc(C)c(F)cc2F)cc1. The lowest BCUT2D eigenvalue weighted by Crippen LogP contribution is -2.06. The standard InChI is InChI=1S/C16H14F2O2/c1-3-20-12-6-4-11(5-7-12)16(19)13-8-10(2)14(17)9-15(13)18/h4-9H,3H2,1-2H3. The van der Waals surface area contributed by atoms with Gasteiger partial charge in [0.05, 0.1) is 12.2 Å². The van der Waals surface area contributed by atoms with Gasteiger partial charge in [-0.1, -0.05) is 0 Å². The van der Waals surface area contributed by atoms with Crippen LogP contribution in [0.5, 0.6) is 5.75 Å². The molecule has 0 saturated carbocycles. The van der Waals surface area contributed by atoms with E-state index in [1.165, 1.54) is 13.0 Å². The Hall–Kier alpha value is -2.23. The minimum Gasteiger partial charge on any atom is -0.494 e. The summed E-state index contributed by atoms with van der Waals surface area (Å²) in [4.78, 5) is 12.2. The molecule has 0 amide bonds. The summed E-state index contributed by atoms with van der Waals surface area (Å²) >= 11 is 0. The number of aryl methyl sites for hydroxylation is 1. The zero-order chi connectivity index (χ0) is 14.7. The van der Waals surface area contributed by atoms with Crippen LogP contribution in [0, 0.1) is 18.6 Å². The molecular weight excluding hydrogens is 262 g/mol. The Morgan fingerprint density at radius 3 is 2.35 bits per heavy atom. The molecule has 0 aliphatic carbocycles. The Balaban J connectivity index is 2.33. The summed E-state index contributed by atoms with van der Waals surface area (Å²) in [6.45, 7) is 3.87. The average Bonchev–Trinajstić information content (AvgIpc) is 2.43. The van der Waals surface area contributed by atoms with Crippen LogP contribution in [0.25, 0.3) is 0 Å². The average molecular weight is 276 g/mol. The van der Waals surface area contributed by atoms with Crippen molar-refractivity contribution in [3.8, 4) is 5.75 Å². The second-order valence-electron chi connectivity index (χ2n) is 4.37. The molecule has 0 aliphatic rings. The summed E-state index contributed by atoms with van der Waals surface area (Å²) in [6, 6.07) is 8.37. The lowest BCUT2D eigenvalue weighted by molar-refractivity contribution is 0.103. The molecule has 0 atom stereocenters. The largest absolute Gasteiger partial charge is 0.494 e. The highest BCUT2D eigenvalue weighted by Gasteiger charge is 2.16. The van der Waals surface area contributed by atoms with Crippen LogP contribution in [-0.4, -0.2) is 12.4 Å². The molecule has 0 heterocycles. The minimum atomic E-state index is -0.855. The first-order valence-electron chi connectivity index (χ1n) is 6.26. The van der Waals surface area contributed by atoms with Crippen LogP contribution in [-0.2, 0) is 0 Å². The fourth-order valence-electron chi connectivity index (χ4n) is 1.86. The number of carbonyl (C=O) groups is 1. The quantitative estimate of drug-likeness (QED) is 0.792. The zero-order valence-electron chi connectivity index (χ0n) is 11.2. The maximum absolute atomic E-state index is 13.7. The molecule has 4 heteroatoms. The molecule has 0 saturated heterocycles. The van der Waals surface area contributed by atoms with Crippen molar-refractivity contribution < 1.29 is 18.3 Å². The fraction of sp³-hybridized carbons (Fsp3) is 0.188. The van der Waals surface area contributed by atoms with Crippen molar-refractivity contribution in [2.24, 2.45) is 0 Å². The molecule has 0 bridgehead atoms. The second-order valence-corrected chi connectivity index (χ2v) is 4.37. The summed E-state index contributed by atoms with van der Waals surface area (Å²) in [6.07, 6.45) is 0. The van der Waals surface area contributed by atoms with Gasteiger partial charge in [0.25, 0.3) is 0 Å². The molecular formula is C16H14F2O2. The van der Waals surface area contributed by atoms with Crippen LogP contribution in [0.4, 0.5) is 8.78 Å². The van der Waals surface area contributed by atoms with E-state index in [2.05, 4.69) is 0 Å². The molecule has 104 valence electrons. The van der Waals surface area contributed by atoms with E-state index in [4.69, 9.17) is 4.74 Å². The number of rotatable bonds is 4. The van der Waals surface area contributed by atoms with Gasteiger partial charge in [-0.2, -0.15) is 0 Å². The van der Waals surface area contributed by atoms with Crippen molar-refractivity contribution in [3.05, 3.63) is 64.7 Å². The number of ketones is 1. The summed E-state index contributed by atoms with van der Waals surface area (Å²) < 4.78 is 32.1. The van der Waals surface area contributed by atoms with Gasteiger partial charge in [0.1, 0.15) is 17.4 Å². The monoisotopic (exact) mass is 276 g/mol. The van der Waals surface area contributed by atoms with Crippen LogP contribution >= 0.6 is 0 Å². The third-order valence-electron chi connectivity index (χ3n) is 2.92. The topological polar surface area (TPSA) is 26.3 Å². The summed E-state index contributed by atoms with van der Waals surface area (Å²) in [5, 5.41) is 0. The molecule has 2 rings (SSSR count). The molecule has 0 spiro atoms. The molecule has 2 aromatic rings. The van der Waals surface area contributed by atoms with E-state index in [9.17, 15) is 13.6 Å².